The third kappa shape index (κ3) is 4.28. The standard InChI is InChI=1S/C15H24N4O/c1-12(2)16-8-14-9-18-15(10-17-14)19-6-4-13(5-7-19)11-20-3/h4,9-10,12,16H,5-8,11H2,1-3H3. The lowest BCUT2D eigenvalue weighted by molar-refractivity contribution is 0.222. The number of hydrogen-bond acceptors (Lipinski definition) is 5. The molecule has 110 valence electrons. The van der Waals surface area contributed by atoms with Crippen molar-refractivity contribution in [1.29, 1.82) is 0 Å². The lowest BCUT2D eigenvalue weighted by Crippen LogP contribution is -2.30. The molecule has 1 aliphatic heterocycles. The van der Waals surface area contributed by atoms with Crippen LogP contribution in [-0.4, -0.2) is 42.8 Å². The van der Waals surface area contributed by atoms with Crippen LogP contribution in [0.4, 0.5) is 5.82 Å². The van der Waals surface area contributed by atoms with Crippen LogP contribution in [0, 0.1) is 0 Å². The van der Waals surface area contributed by atoms with Crippen LogP contribution < -0.4 is 10.2 Å². The number of nitrogens with one attached hydrogen (secondary N) is 1. The molecule has 0 aromatic carbocycles. The largest absolute Gasteiger partial charge is 0.380 e. The molecule has 0 spiro atoms. The molecule has 0 atom stereocenters. The van der Waals surface area contributed by atoms with Crippen LogP contribution in [0.5, 0.6) is 0 Å². The molecule has 0 bridgehead atoms. The number of aromatic nitrogens is 2. The van der Waals surface area contributed by atoms with Gasteiger partial charge in [0.05, 0.1) is 24.7 Å². The van der Waals surface area contributed by atoms with E-state index in [9.17, 15) is 0 Å². The first kappa shape index (κ1) is 14.9. The molecular weight excluding hydrogens is 252 g/mol. The normalized spacial score (nSPS) is 15.6. The van der Waals surface area contributed by atoms with E-state index in [0.29, 0.717) is 6.04 Å². The summed E-state index contributed by atoms with van der Waals surface area (Å²) in [5.74, 6) is 0.950. The van der Waals surface area contributed by atoms with E-state index in [1.807, 2.05) is 12.4 Å². The van der Waals surface area contributed by atoms with E-state index in [1.54, 1.807) is 7.11 Å². The minimum atomic E-state index is 0.461. The average Bonchev–Trinajstić information content (AvgIpc) is 2.47. The zero-order chi connectivity index (χ0) is 14.4. The second-order valence-electron chi connectivity index (χ2n) is 5.39. The molecule has 0 amide bonds. The Labute approximate surface area is 121 Å². The molecule has 0 unspecified atom stereocenters. The van der Waals surface area contributed by atoms with E-state index in [1.165, 1.54) is 5.57 Å². The molecule has 1 N–H and O–H groups in total. The monoisotopic (exact) mass is 276 g/mol. The molecule has 0 saturated carbocycles. The highest BCUT2D eigenvalue weighted by Crippen LogP contribution is 2.16. The highest BCUT2D eigenvalue weighted by Gasteiger charge is 2.13. The summed E-state index contributed by atoms with van der Waals surface area (Å²) in [4.78, 5) is 11.2. The number of methoxy groups -OCH3 is 1. The van der Waals surface area contributed by atoms with Gasteiger partial charge in [0.15, 0.2) is 0 Å². The maximum absolute atomic E-state index is 5.16. The van der Waals surface area contributed by atoms with Crippen molar-refractivity contribution in [2.24, 2.45) is 0 Å². The molecule has 5 heteroatoms. The molecule has 5 nitrogen and oxygen atoms in total. The fourth-order valence-electron chi connectivity index (χ4n) is 2.15. The number of nitrogens with zero attached hydrogens (tertiary/aromatic N) is 3. The highest BCUT2D eigenvalue weighted by atomic mass is 16.5. The van der Waals surface area contributed by atoms with Crippen molar-refractivity contribution in [3.8, 4) is 0 Å². The van der Waals surface area contributed by atoms with E-state index < -0.39 is 0 Å². The van der Waals surface area contributed by atoms with Gasteiger partial charge in [0.2, 0.25) is 0 Å². The first-order chi connectivity index (χ1) is 9.69. The lowest BCUT2D eigenvalue weighted by atomic mass is 10.1. The summed E-state index contributed by atoms with van der Waals surface area (Å²) in [5, 5.41) is 3.34. The Morgan fingerprint density at radius 1 is 1.35 bits per heavy atom. The van der Waals surface area contributed by atoms with Gasteiger partial charge in [-0.05, 0) is 12.0 Å². The van der Waals surface area contributed by atoms with Gasteiger partial charge in [0, 0.05) is 32.8 Å². The average molecular weight is 276 g/mol. The summed E-state index contributed by atoms with van der Waals surface area (Å²) in [5.41, 5.74) is 2.35. The molecule has 1 aromatic heterocycles. The topological polar surface area (TPSA) is 50.3 Å². The fourth-order valence-corrected chi connectivity index (χ4v) is 2.15. The third-order valence-electron chi connectivity index (χ3n) is 3.34. The smallest absolute Gasteiger partial charge is 0.147 e. The van der Waals surface area contributed by atoms with Crippen LogP contribution in [0.15, 0.2) is 24.0 Å². The molecule has 1 aromatic rings. The number of ether oxygens (including phenoxy) is 1. The molecular formula is C15H24N4O. The Kier molecular flexibility index (Phi) is 5.49. The summed E-state index contributed by atoms with van der Waals surface area (Å²) in [6, 6.07) is 0.461. The van der Waals surface area contributed by atoms with Crippen LogP contribution in [0.2, 0.25) is 0 Å². The van der Waals surface area contributed by atoms with Gasteiger partial charge < -0.3 is 15.0 Å². The number of rotatable bonds is 6. The molecule has 0 aliphatic carbocycles. The molecule has 0 saturated heterocycles. The van der Waals surface area contributed by atoms with Gasteiger partial charge in [-0.3, -0.25) is 4.98 Å². The van der Waals surface area contributed by atoms with Gasteiger partial charge in [0.1, 0.15) is 5.82 Å². The fraction of sp³-hybridized carbons (Fsp3) is 0.600. The van der Waals surface area contributed by atoms with Crippen molar-refractivity contribution in [3.05, 3.63) is 29.7 Å². The third-order valence-corrected chi connectivity index (χ3v) is 3.34. The zero-order valence-electron chi connectivity index (χ0n) is 12.6. The summed E-state index contributed by atoms with van der Waals surface area (Å²) >= 11 is 0. The Morgan fingerprint density at radius 2 is 2.20 bits per heavy atom. The quantitative estimate of drug-likeness (QED) is 0.802. The highest BCUT2D eigenvalue weighted by molar-refractivity contribution is 5.39. The van der Waals surface area contributed by atoms with Crippen LogP contribution >= 0.6 is 0 Å². The number of hydrogen-bond donors (Lipinski definition) is 1. The predicted molar refractivity (Wildman–Crippen MR) is 80.8 cm³/mol. The molecule has 0 fully saturated rings. The Hall–Kier alpha value is -1.46. The second-order valence-corrected chi connectivity index (χ2v) is 5.39. The van der Waals surface area contributed by atoms with Crippen molar-refractivity contribution in [3.63, 3.8) is 0 Å². The first-order valence-electron chi connectivity index (χ1n) is 7.15. The van der Waals surface area contributed by atoms with Gasteiger partial charge in [-0.1, -0.05) is 19.9 Å². The van der Waals surface area contributed by atoms with E-state index in [4.69, 9.17) is 4.74 Å². The van der Waals surface area contributed by atoms with Crippen molar-refractivity contribution < 1.29 is 4.74 Å². The summed E-state index contributed by atoms with van der Waals surface area (Å²) in [7, 11) is 1.74. The van der Waals surface area contributed by atoms with Gasteiger partial charge >= 0.3 is 0 Å². The Morgan fingerprint density at radius 3 is 2.75 bits per heavy atom. The summed E-state index contributed by atoms with van der Waals surface area (Å²) in [6.45, 7) is 7.62. The minimum absolute atomic E-state index is 0.461. The molecule has 2 rings (SSSR count). The molecule has 20 heavy (non-hydrogen) atoms. The van der Waals surface area contributed by atoms with Gasteiger partial charge in [0.25, 0.3) is 0 Å². The van der Waals surface area contributed by atoms with Crippen molar-refractivity contribution in [2.75, 3.05) is 31.7 Å². The van der Waals surface area contributed by atoms with Gasteiger partial charge in [-0.25, -0.2) is 4.98 Å². The van der Waals surface area contributed by atoms with Gasteiger partial charge in [-0.2, -0.15) is 0 Å². The van der Waals surface area contributed by atoms with Crippen molar-refractivity contribution in [1.82, 2.24) is 15.3 Å². The minimum Gasteiger partial charge on any atom is -0.380 e. The van der Waals surface area contributed by atoms with E-state index in [2.05, 4.69) is 40.1 Å². The Balaban J connectivity index is 1.91. The SMILES string of the molecule is COCC1=CCN(c2cnc(CNC(C)C)cn2)CC1. The summed E-state index contributed by atoms with van der Waals surface area (Å²) in [6.07, 6.45) is 6.99. The lowest BCUT2D eigenvalue weighted by Gasteiger charge is -2.27. The van der Waals surface area contributed by atoms with Crippen molar-refractivity contribution >= 4 is 5.82 Å². The first-order valence-corrected chi connectivity index (χ1v) is 7.15. The second kappa shape index (κ2) is 7.36. The van der Waals surface area contributed by atoms with Crippen LogP contribution in [-0.2, 0) is 11.3 Å². The van der Waals surface area contributed by atoms with Crippen LogP contribution in [0.25, 0.3) is 0 Å². The van der Waals surface area contributed by atoms with E-state index in [0.717, 1.165) is 44.2 Å². The zero-order valence-corrected chi connectivity index (χ0v) is 12.6. The van der Waals surface area contributed by atoms with Crippen molar-refractivity contribution in [2.45, 2.75) is 32.9 Å². The van der Waals surface area contributed by atoms with Crippen LogP contribution in [0.3, 0.4) is 0 Å². The predicted octanol–water partition coefficient (Wildman–Crippen LogP) is 1.76. The molecule has 2 heterocycles. The molecule has 1 aliphatic rings. The Bertz CT molecular complexity index is 442. The maximum atomic E-state index is 5.16. The molecule has 0 radical (unpaired) electrons. The van der Waals surface area contributed by atoms with E-state index >= 15 is 0 Å². The van der Waals surface area contributed by atoms with Crippen LogP contribution in [0.1, 0.15) is 26.0 Å². The van der Waals surface area contributed by atoms with E-state index in [-0.39, 0.29) is 0 Å². The van der Waals surface area contributed by atoms with Gasteiger partial charge in [-0.15, -0.1) is 0 Å². The maximum Gasteiger partial charge on any atom is 0.147 e. The summed E-state index contributed by atoms with van der Waals surface area (Å²) < 4.78 is 5.16. The number of anilines is 1.